The third-order valence-electron chi connectivity index (χ3n) is 1.03. The fourth-order valence-corrected chi connectivity index (χ4v) is 2.45. The molecule has 0 aromatic heterocycles. The van der Waals surface area contributed by atoms with Crippen LogP contribution in [0.25, 0.3) is 0 Å². The molecule has 0 atom stereocenters. The Morgan fingerprint density at radius 1 is 1.10 bits per heavy atom. The predicted octanol–water partition coefficient (Wildman–Crippen LogP) is 3.13. The Bertz CT molecular complexity index is 62.3. The van der Waals surface area contributed by atoms with Crippen molar-refractivity contribution in [2.24, 2.45) is 5.92 Å². The molecule has 0 aliphatic carbocycles. The quantitative estimate of drug-likeness (QED) is 0.573. The Morgan fingerprint density at radius 2 is 1.70 bits per heavy atom. The zero-order valence-electron chi connectivity index (χ0n) is 7.22. The average Bonchev–Trinajstić information content (AvgIpc) is 1.87. The van der Waals surface area contributed by atoms with E-state index in [1.807, 2.05) is 11.8 Å². The zero-order chi connectivity index (χ0) is 7.82. The summed E-state index contributed by atoms with van der Waals surface area (Å²) in [5.41, 5.74) is 0. The molecule has 0 aromatic rings. The molecular formula is C8H18S2. The van der Waals surface area contributed by atoms with Gasteiger partial charge in [0.05, 0.1) is 0 Å². The highest BCUT2D eigenvalue weighted by molar-refractivity contribution is 8.02. The maximum absolute atomic E-state index is 2.28. The van der Waals surface area contributed by atoms with E-state index in [1.54, 1.807) is 0 Å². The minimum Gasteiger partial charge on any atom is -0.161 e. The van der Waals surface area contributed by atoms with Crippen molar-refractivity contribution in [1.82, 2.24) is 0 Å². The molecule has 0 nitrogen and oxygen atoms in total. The van der Waals surface area contributed by atoms with E-state index in [-0.39, 0.29) is 0 Å². The SMILES string of the molecule is CCSCCSCC(C)C. The summed E-state index contributed by atoms with van der Waals surface area (Å²) in [5, 5.41) is 0. The largest absolute Gasteiger partial charge is 0.161 e. The number of hydrogen-bond acceptors (Lipinski definition) is 2. The molecule has 0 N–H and O–H groups in total. The molecule has 0 saturated carbocycles. The van der Waals surface area contributed by atoms with E-state index in [0.717, 1.165) is 5.92 Å². The van der Waals surface area contributed by atoms with E-state index in [9.17, 15) is 0 Å². The van der Waals surface area contributed by atoms with Crippen LogP contribution < -0.4 is 0 Å². The van der Waals surface area contributed by atoms with Crippen molar-refractivity contribution >= 4 is 23.5 Å². The van der Waals surface area contributed by atoms with Crippen LogP contribution >= 0.6 is 23.5 Å². The molecule has 0 amide bonds. The molecule has 0 unspecified atom stereocenters. The molecule has 0 spiro atoms. The first-order valence-corrected chi connectivity index (χ1v) is 6.23. The Kier molecular flexibility index (Phi) is 8.35. The van der Waals surface area contributed by atoms with Crippen molar-refractivity contribution in [1.29, 1.82) is 0 Å². The van der Waals surface area contributed by atoms with Crippen LogP contribution in [0.1, 0.15) is 20.8 Å². The van der Waals surface area contributed by atoms with Gasteiger partial charge in [-0.1, -0.05) is 20.8 Å². The zero-order valence-corrected chi connectivity index (χ0v) is 8.86. The van der Waals surface area contributed by atoms with E-state index in [2.05, 4.69) is 32.5 Å². The molecule has 0 heterocycles. The molecule has 10 heavy (non-hydrogen) atoms. The molecular weight excluding hydrogens is 160 g/mol. The van der Waals surface area contributed by atoms with Gasteiger partial charge < -0.3 is 0 Å². The summed E-state index contributed by atoms with van der Waals surface area (Å²) in [4.78, 5) is 0. The molecule has 0 aliphatic heterocycles. The van der Waals surface area contributed by atoms with Gasteiger partial charge in [-0.2, -0.15) is 23.5 Å². The van der Waals surface area contributed by atoms with Crippen molar-refractivity contribution in [3.05, 3.63) is 0 Å². The molecule has 0 fully saturated rings. The van der Waals surface area contributed by atoms with Gasteiger partial charge in [0.1, 0.15) is 0 Å². The second-order valence-electron chi connectivity index (χ2n) is 2.67. The van der Waals surface area contributed by atoms with Crippen LogP contribution in [0.15, 0.2) is 0 Å². The third kappa shape index (κ3) is 8.70. The van der Waals surface area contributed by atoms with Gasteiger partial charge in [-0.25, -0.2) is 0 Å². The molecule has 0 aliphatic rings. The summed E-state index contributed by atoms with van der Waals surface area (Å²) >= 11 is 4.12. The topological polar surface area (TPSA) is 0 Å². The minimum atomic E-state index is 0.858. The van der Waals surface area contributed by atoms with Gasteiger partial charge in [0, 0.05) is 11.5 Å². The van der Waals surface area contributed by atoms with Crippen molar-refractivity contribution in [2.75, 3.05) is 23.0 Å². The Labute approximate surface area is 73.5 Å². The highest BCUT2D eigenvalue weighted by Crippen LogP contribution is 2.10. The number of rotatable bonds is 6. The molecule has 2 heteroatoms. The van der Waals surface area contributed by atoms with Crippen LogP contribution in [0.4, 0.5) is 0 Å². The third-order valence-corrected chi connectivity index (χ3v) is 3.58. The first-order chi connectivity index (χ1) is 4.77. The lowest BCUT2D eigenvalue weighted by atomic mass is 10.3. The van der Waals surface area contributed by atoms with Crippen LogP contribution in [0.2, 0.25) is 0 Å². The molecule has 0 saturated heterocycles. The van der Waals surface area contributed by atoms with Gasteiger partial charge >= 0.3 is 0 Å². The lowest BCUT2D eigenvalue weighted by Crippen LogP contribution is -1.93. The van der Waals surface area contributed by atoms with Crippen molar-refractivity contribution in [2.45, 2.75) is 20.8 Å². The molecule has 0 bridgehead atoms. The summed E-state index contributed by atoms with van der Waals surface area (Å²) in [7, 11) is 0. The van der Waals surface area contributed by atoms with E-state index in [4.69, 9.17) is 0 Å². The summed E-state index contributed by atoms with van der Waals surface area (Å²) in [6.07, 6.45) is 0. The summed E-state index contributed by atoms with van der Waals surface area (Å²) in [6.45, 7) is 6.78. The van der Waals surface area contributed by atoms with Crippen molar-refractivity contribution in [3.8, 4) is 0 Å². The Balaban J connectivity index is 2.77. The average molecular weight is 178 g/mol. The fraction of sp³-hybridized carbons (Fsp3) is 1.00. The highest BCUT2D eigenvalue weighted by Gasteiger charge is 1.92. The standard InChI is InChI=1S/C8H18S2/c1-4-9-5-6-10-7-8(2)3/h8H,4-7H2,1-3H3. The van der Waals surface area contributed by atoms with Gasteiger partial charge in [-0.3, -0.25) is 0 Å². The maximum atomic E-state index is 2.28. The van der Waals surface area contributed by atoms with E-state index in [0.29, 0.717) is 0 Å². The number of thioether (sulfide) groups is 2. The van der Waals surface area contributed by atoms with Crippen molar-refractivity contribution in [3.63, 3.8) is 0 Å². The summed E-state index contributed by atoms with van der Waals surface area (Å²) in [5.74, 6) is 6.11. The fourth-order valence-electron chi connectivity index (χ4n) is 0.581. The number of hydrogen-bond donors (Lipinski definition) is 0. The van der Waals surface area contributed by atoms with E-state index in [1.165, 1.54) is 23.0 Å². The Morgan fingerprint density at radius 3 is 2.20 bits per heavy atom. The predicted molar refractivity (Wildman–Crippen MR) is 55.2 cm³/mol. The highest BCUT2D eigenvalue weighted by atomic mass is 32.2. The summed E-state index contributed by atoms with van der Waals surface area (Å²) in [6, 6.07) is 0. The van der Waals surface area contributed by atoms with E-state index < -0.39 is 0 Å². The first-order valence-electron chi connectivity index (χ1n) is 3.92. The molecule has 62 valence electrons. The Hall–Kier alpha value is 0.700. The van der Waals surface area contributed by atoms with Gasteiger partial charge in [0.2, 0.25) is 0 Å². The van der Waals surface area contributed by atoms with E-state index >= 15 is 0 Å². The second-order valence-corrected chi connectivity index (χ2v) is 5.21. The van der Waals surface area contributed by atoms with Gasteiger partial charge in [0.25, 0.3) is 0 Å². The molecule has 0 rings (SSSR count). The normalized spacial score (nSPS) is 10.8. The lowest BCUT2D eigenvalue weighted by molar-refractivity contribution is 0.750. The molecule has 0 radical (unpaired) electrons. The lowest BCUT2D eigenvalue weighted by Gasteiger charge is -2.02. The van der Waals surface area contributed by atoms with Gasteiger partial charge in [0.15, 0.2) is 0 Å². The maximum Gasteiger partial charge on any atom is 0.00236 e. The van der Waals surface area contributed by atoms with Crippen LogP contribution in [-0.2, 0) is 0 Å². The van der Waals surface area contributed by atoms with Crippen LogP contribution in [0.5, 0.6) is 0 Å². The first kappa shape index (κ1) is 10.7. The van der Waals surface area contributed by atoms with Crippen LogP contribution in [0, 0.1) is 5.92 Å². The van der Waals surface area contributed by atoms with Gasteiger partial charge in [-0.05, 0) is 17.4 Å². The second kappa shape index (κ2) is 7.80. The van der Waals surface area contributed by atoms with Gasteiger partial charge in [-0.15, -0.1) is 0 Å². The summed E-state index contributed by atoms with van der Waals surface area (Å²) < 4.78 is 0. The molecule has 0 aromatic carbocycles. The minimum absolute atomic E-state index is 0.858. The van der Waals surface area contributed by atoms with Crippen molar-refractivity contribution < 1.29 is 0 Å². The van der Waals surface area contributed by atoms with Crippen LogP contribution in [-0.4, -0.2) is 23.0 Å². The monoisotopic (exact) mass is 178 g/mol. The smallest absolute Gasteiger partial charge is 0.00236 e. The van der Waals surface area contributed by atoms with Crippen LogP contribution in [0.3, 0.4) is 0 Å².